The van der Waals surface area contributed by atoms with Gasteiger partial charge in [0.05, 0.1) is 19.8 Å². The normalized spacial score (nSPS) is 11.8. The maximum Gasteiger partial charge on any atom is 0.161 e. The summed E-state index contributed by atoms with van der Waals surface area (Å²) in [6, 6.07) is 14.2. The summed E-state index contributed by atoms with van der Waals surface area (Å²) < 4.78 is 17.1. The second-order valence-corrected chi connectivity index (χ2v) is 5.75. The minimum absolute atomic E-state index is 0.191. The molecule has 0 heterocycles. The first-order valence-electron chi connectivity index (χ1n) is 9.03. The Morgan fingerprint density at radius 2 is 1.44 bits per heavy atom. The second kappa shape index (κ2) is 9.94. The molecule has 4 nitrogen and oxygen atoms in total. The van der Waals surface area contributed by atoms with Gasteiger partial charge in [-0.3, -0.25) is 0 Å². The summed E-state index contributed by atoms with van der Waals surface area (Å²) in [4.78, 5) is 0. The minimum atomic E-state index is 0.191. The van der Waals surface area contributed by atoms with Gasteiger partial charge in [-0.1, -0.05) is 24.3 Å². The Bertz CT molecular complexity index is 657. The fourth-order valence-corrected chi connectivity index (χ4v) is 2.89. The quantitative estimate of drug-likeness (QED) is 0.703. The Hall–Kier alpha value is -2.20. The first-order chi connectivity index (χ1) is 12.2. The first kappa shape index (κ1) is 19.1. The van der Waals surface area contributed by atoms with E-state index in [0.717, 1.165) is 29.2 Å². The lowest BCUT2D eigenvalue weighted by Gasteiger charge is -2.19. The first-order valence-corrected chi connectivity index (χ1v) is 9.03. The second-order valence-electron chi connectivity index (χ2n) is 5.75. The monoisotopic (exact) mass is 343 g/mol. The molecule has 1 unspecified atom stereocenters. The summed E-state index contributed by atoms with van der Waals surface area (Å²) in [6.07, 6.45) is 0.826. The lowest BCUT2D eigenvalue weighted by atomic mass is 9.91. The van der Waals surface area contributed by atoms with Crippen LogP contribution >= 0.6 is 0 Å². The SMILES string of the molecule is CCOc1ccccc1CC(CN)c1ccc(OCC)c(OCC)c1. The molecule has 2 aromatic carbocycles. The number of rotatable bonds is 10. The molecule has 0 amide bonds. The third-order valence-electron chi connectivity index (χ3n) is 4.06. The summed E-state index contributed by atoms with van der Waals surface area (Å²) in [5, 5.41) is 0. The van der Waals surface area contributed by atoms with Crippen LogP contribution in [0.15, 0.2) is 42.5 Å². The highest BCUT2D eigenvalue weighted by Gasteiger charge is 2.16. The van der Waals surface area contributed by atoms with Crippen LogP contribution in [0.25, 0.3) is 0 Å². The fraction of sp³-hybridized carbons (Fsp3) is 0.429. The smallest absolute Gasteiger partial charge is 0.161 e. The maximum absolute atomic E-state index is 6.08. The molecule has 0 bridgehead atoms. The van der Waals surface area contributed by atoms with E-state index in [1.165, 1.54) is 5.56 Å². The van der Waals surface area contributed by atoms with Crippen molar-refractivity contribution in [2.45, 2.75) is 33.1 Å². The van der Waals surface area contributed by atoms with Gasteiger partial charge in [0, 0.05) is 5.92 Å². The molecule has 0 saturated heterocycles. The van der Waals surface area contributed by atoms with Crippen molar-refractivity contribution < 1.29 is 14.2 Å². The van der Waals surface area contributed by atoms with Gasteiger partial charge in [-0.15, -0.1) is 0 Å². The van der Waals surface area contributed by atoms with Crippen LogP contribution < -0.4 is 19.9 Å². The highest BCUT2D eigenvalue weighted by molar-refractivity contribution is 5.45. The highest BCUT2D eigenvalue weighted by Crippen LogP contribution is 2.33. The molecule has 25 heavy (non-hydrogen) atoms. The lowest BCUT2D eigenvalue weighted by molar-refractivity contribution is 0.287. The molecule has 0 aliphatic heterocycles. The molecule has 2 aromatic rings. The number of nitrogens with two attached hydrogens (primary N) is 1. The van der Waals surface area contributed by atoms with Crippen molar-refractivity contribution in [3.05, 3.63) is 53.6 Å². The average Bonchev–Trinajstić information content (AvgIpc) is 2.63. The molecular formula is C21H29NO3. The van der Waals surface area contributed by atoms with Gasteiger partial charge in [0.2, 0.25) is 0 Å². The van der Waals surface area contributed by atoms with Gasteiger partial charge < -0.3 is 19.9 Å². The third-order valence-corrected chi connectivity index (χ3v) is 4.06. The molecular weight excluding hydrogens is 314 g/mol. The van der Waals surface area contributed by atoms with Crippen molar-refractivity contribution in [3.8, 4) is 17.2 Å². The van der Waals surface area contributed by atoms with Crippen molar-refractivity contribution >= 4 is 0 Å². The molecule has 0 aliphatic carbocycles. The number of hydrogen-bond donors (Lipinski definition) is 1. The molecule has 0 spiro atoms. The predicted octanol–water partition coefficient (Wildman–Crippen LogP) is 4.17. The Morgan fingerprint density at radius 1 is 0.800 bits per heavy atom. The largest absolute Gasteiger partial charge is 0.494 e. The van der Waals surface area contributed by atoms with Gasteiger partial charge in [-0.05, 0) is 63.1 Å². The molecule has 2 rings (SSSR count). The van der Waals surface area contributed by atoms with Gasteiger partial charge in [-0.25, -0.2) is 0 Å². The third kappa shape index (κ3) is 5.13. The summed E-state index contributed by atoms with van der Waals surface area (Å²) in [6.45, 7) is 8.36. The summed E-state index contributed by atoms with van der Waals surface area (Å²) in [5.41, 5.74) is 8.41. The average molecular weight is 343 g/mol. The summed E-state index contributed by atoms with van der Waals surface area (Å²) in [7, 11) is 0. The fourth-order valence-electron chi connectivity index (χ4n) is 2.89. The van der Waals surface area contributed by atoms with E-state index in [0.29, 0.717) is 26.4 Å². The van der Waals surface area contributed by atoms with E-state index in [4.69, 9.17) is 19.9 Å². The van der Waals surface area contributed by atoms with E-state index in [9.17, 15) is 0 Å². The topological polar surface area (TPSA) is 53.7 Å². The van der Waals surface area contributed by atoms with E-state index in [-0.39, 0.29) is 5.92 Å². The molecule has 0 radical (unpaired) electrons. The van der Waals surface area contributed by atoms with Crippen LogP contribution in [-0.4, -0.2) is 26.4 Å². The standard InChI is InChI=1S/C21H29NO3/c1-4-23-19-10-8-7-9-17(19)13-18(15-22)16-11-12-20(24-5-2)21(14-16)25-6-3/h7-12,14,18H,4-6,13,15,22H2,1-3H3. The van der Waals surface area contributed by atoms with Gasteiger partial charge in [0.25, 0.3) is 0 Å². The van der Waals surface area contributed by atoms with Crippen molar-refractivity contribution in [2.24, 2.45) is 5.73 Å². The number of ether oxygens (including phenoxy) is 3. The Balaban J connectivity index is 2.27. The molecule has 2 N–H and O–H groups in total. The van der Waals surface area contributed by atoms with Crippen molar-refractivity contribution in [1.29, 1.82) is 0 Å². The van der Waals surface area contributed by atoms with E-state index >= 15 is 0 Å². The Kier molecular flexibility index (Phi) is 7.61. The van der Waals surface area contributed by atoms with Crippen LogP contribution in [0, 0.1) is 0 Å². The van der Waals surface area contributed by atoms with Crippen LogP contribution in [0.4, 0.5) is 0 Å². The zero-order chi connectivity index (χ0) is 18.1. The molecule has 0 fully saturated rings. The van der Waals surface area contributed by atoms with Crippen LogP contribution in [0.2, 0.25) is 0 Å². The number of para-hydroxylation sites is 1. The van der Waals surface area contributed by atoms with Gasteiger partial charge in [0.15, 0.2) is 11.5 Å². The van der Waals surface area contributed by atoms with E-state index in [2.05, 4.69) is 18.2 Å². The molecule has 0 aliphatic rings. The molecule has 0 saturated carbocycles. The van der Waals surface area contributed by atoms with E-state index < -0.39 is 0 Å². The van der Waals surface area contributed by atoms with E-state index in [1.807, 2.05) is 45.0 Å². The lowest BCUT2D eigenvalue weighted by Crippen LogP contribution is -2.16. The predicted molar refractivity (Wildman–Crippen MR) is 102 cm³/mol. The van der Waals surface area contributed by atoms with Crippen molar-refractivity contribution in [1.82, 2.24) is 0 Å². The summed E-state index contributed by atoms with van der Waals surface area (Å²) >= 11 is 0. The van der Waals surface area contributed by atoms with Gasteiger partial charge in [-0.2, -0.15) is 0 Å². The Morgan fingerprint density at radius 3 is 2.12 bits per heavy atom. The molecule has 1 atom stereocenters. The zero-order valence-electron chi connectivity index (χ0n) is 15.5. The maximum atomic E-state index is 6.08. The minimum Gasteiger partial charge on any atom is -0.494 e. The Labute approximate surface area is 150 Å². The highest BCUT2D eigenvalue weighted by atomic mass is 16.5. The summed E-state index contributed by atoms with van der Waals surface area (Å²) in [5.74, 6) is 2.67. The molecule has 0 aromatic heterocycles. The molecule has 4 heteroatoms. The number of hydrogen-bond acceptors (Lipinski definition) is 4. The van der Waals surface area contributed by atoms with Crippen LogP contribution in [0.3, 0.4) is 0 Å². The number of benzene rings is 2. The van der Waals surface area contributed by atoms with Crippen molar-refractivity contribution in [3.63, 3.8) is 0 Å². The van der Waals surface area contributed by atoms with Gasteiger partial charge in [0.1, 0.15) is 5.75 Å². The van der Waals surface area contributed by atoms with Crippen LogP contribution in [0.1, 0.15) is 37.8 Å². The van der Waals surface area contributed by atoms with Crippen LogP contribution in [0.5, 0.6) is 17.2 Å². The van der Waals surface area contributed by atoms with E-state index in [1.54, 1.807) is 0 Å². The van der Waals surface area contributed by atoms with Crippen LogP contribution in [-0.2, 0) is 6.42 Å². The zero-order valence-corrected chi connectivity index (χ0v) is 15.5. The van der Waals surface area contributed by atoms with Gasteiger partial charge >= 0.3 is 0 Å². The molecule has 136 valence electrons. The van der Waals surface area contributed by atoms with Crippen molar-refractivity contribution in [2.75, 3.05) is 26.4 Å².